The molecule has 2 N–H and O–H groups in total. The Morgan fingerprint density at radius 2 is 2.25 bits per heavy atom. The molecule has 1 aromatic heterocycles. The molecule has 0 bridgehead atoms. The third-order valence-electron chi connectivity index (χ3n) is 2.22. The molecule has 2 rings (SSSR count). The van der Waals surface area contributed by atoms with Gasteiger partial charge in [0.1, 0.15) is 6.61 Å². The van der Waals surface area contributed by atoms with Crippen LogP contribution < -0.4 is 5.73 Å². The highest BCUT2D eigenvalue weighted by Crippen LogP contribution is 2.23. The maximum absolute atomic E-state index is 5.67. The van der Waals surface area contributed by atoms with Gasteiger partial charge in [-0.15, -0.1) is 0 Å². The zero-order valence-electron chi connectivity index (χ0n) is 9.23. The van der Waals surface area contributed by atoms with Crippen molar-refractivity contribution >= 4 is 5.69 Å². The highest BCUT2D eigenvalue weighted by Gasteiger charge is 2.10. The molecule has 0 aliphatic carbocycles. The summed E-state index contributed by atoms with van der Waals surface area (Å²) in [5.41, 5.74) is 8.29. The second-order valence-electron chi connectivity index (χ2n) is 3.52. The number of aryl methyl sites for hydroxylation is 1. The summed E-state index contributed by atoms with van der Waals surface area (Å²) in [7, 11) is 1.59. The van der Waals surface area contributed by atoms with E-state index in [-0.39, 0.29) is 0 Å². The number of hydrogen-bond donors (Lipinski definition) is 1. The topological polar surface area (TPSA) is 74.2 Å². The first-order valence-corrected chi connectivity index (χ1v) is 4.88. The van der Waals surface area contributed by atoms with Crippen LogP contribution in [0, 0.1) is 6.92 Å². The average molecular weight is 219 g/mol. The number of hydrogen-bond acceptors (Lipinski definition) is 5. The van der Waals surface area contributed by atoms with Gasteiger partial charge in [0, 0.05) is 18.4 Å². The van der Waals surface area contributed by atoms with Gasteiger partial charge in [0.05, 0.1) is 0 Å². The number of aromatic nitrogens is 2. The molecule has 0 fully saturated rings. The smallest absolute Gasteiger partial charge is 0.258 e. The van der Waals surface area contributed by atoms with Gasteiger partial charge in [-0.25, -0.2) is 0 Å². The molecule has 0 radical (unpaired) electrons. The molecular formula is C11H13N3O2. The molecular weight excluding hydrogens is 206 g/mol. The maximum Gasteiger partial charge on any atom is 0.258 e. The van der Waals surface area contributed by atoms with Crippen molar-refractivity contribution < 1.29 is 9.26 Å². The molecule has 0 saturated carbocycles. The highest BCUT2D eigenvalue weighted by atomic mass is 16.5. The number of nitrogen functional groups attached to an aromatic ring is 1. The number of ether oxygens (including phenoxy) is 1. The van der Waals surface area contributed by atoms with E-state index in [4.69, 9.17) is 15.0 Å². The summed E-state index contributed by atoms with van der Waals surface area (Å²) in [4.78, 5) is 4.22. The Morgan fingerprint density at radius 3 is 2.94 bits per heavy atom. The van der Waals surface area contributed by atoms with Gasteiger partial charge < -0.3 is 15.0 Å². The van der Waals surface area contributed by atoms with Gasteiger partial charge in [-0.05, 0) is 30.7 Å². The minimum Gasteiger partial charge on any atom is -0.399 e. The average Bonchev–Trinajstić information content (AvgIpc) is 2.67. The molecule has 1 heterocycles. The Bertz CT molecular complexity index is 494. The second kappa shape index (κ2) is 4.32. The zero-order valence-corrected chi connectivity index (χ0v) is 9.23. The Hall–Kier alpha value is -1.88. The van der Waals surface area contributed by atoms with Crippen LogP contribution in [0.15, 0.2) is 22.7 Å². The lowest BCUT2D eigenvalue weighted by Gasteiger charge is -2.00. The molecule has 84 valence electrons. The van der Waals surface area contributed by atoms with Crippen LogP contribution in [0.4, 0.5) is 5.69 Å². The Balaban J connectivity index is 2.35. The summed E-state index contributed by atoms with van der Waals surface area (Å²) in [5.74, 6) is 1.03. The molecule has 16 heavy (non-hydrogen) atoms. The summed E-state index contributed by atoms with van der Waals surface area (Å²) < 4.78 is 10.1. The van der Waals surface area contributed by atoms with Crippen molar-refractivity contribution in [1.29, 1.82) is 0 Å². The fourth-order valence-corrected chi connectivity index (χ4v) is 1.48. The van der Waals surface area contributed by atoms with Crippen LogP contribution in [0.2, 0.25) is 0 Å². The van der Waals surface area contributed by atoms with Gasteiger partial charge in [0.2, 0.25) is 0 Å². The highest BCUT2D eigenvalue weighted by molar-refractivity contribution is 5.62. The molecule has 0 atom stereocenters. The van der Waals surface area contributed by atoms with Crippen LogP contribution >= 0.6 is 0 Å². The van der Waals surface area contributed by atoms with Crippen molar-refractivity contribution in [3.05, 3.63) is 29.6 Å². The van der Waals surface area contributed by atoms with E-state index in [1.807, 2.05) is 25.1 Å². The number of benzene rings is 1. The normalized spacial score (nSPS) is 10.6. The third kappa shape index (κ3) is 2.04. The van der Waals surface area contributed by atoms with Gasteiger partial charge >= 0.3 is 0 Å². The maximum atomic E-state index is 5.67. The van der Waals surface area contributed by atoms with Gasteiger partial charge in [0.25, 0.3) is 5.89 Å². The molecule has 0 unspecified atom stereocenters. The lowest BCUT2D eigenvalue weighted by Crippen LogP contribution is -1.91. The van der Waals surface area contributed by atoms with Crippen LogP contribution in [0.25, 0.3) is 11.5 Å². The first-order valence-electron chi connectivity index (χ1n) is 4.88. The molecule has 5 heteroatoms. The zero-order chi connectivity index (χ0) is 11.5. The van der Waals surface area contributed by atoms with E-state index in [2.05, 4.69) is 10.1 Å². The quantitative estimate of drug-likeness (QED) is 0.796. The Kier molecular flexibility index (Phi) is 2.87. The van der Waals surface area contributed by atoms with Crippen molar-refractivity contribution in [2.24, 2.45) is 0 Å². The van der Waals surface area contributed by atoms with Crippen molar-refractivity contribution in [1.82, 2.24) is 10.1 Å². The number of nitrogens with two attached hydrogens (primary N) is 1. The lowest BCUT2D eigenvalue weighted by molar-refractivity contribution is 0.174. The summed E-state index contributed by atoms with van der Waals surface area (Å²) in [6, 6.07) is 5.55. The summed E-state index contributed by atoms with van der Waals surface area (Å²) in [5, 5.41) is 3.80. The molecule has 0 aliphatic heterocycles. The van der Waals surface area contributed by atoms with Crippen LogP contribution in [0.5, 0.6) is 0 Å². The van der Waals surface area contributed by atoms with E-state index in [0.29, 0.717) is 18.3 Å². The first kappa shape index (κ1) is 10.6. The molecule has 0 amide bonds. The van der Waals surface area contributed by atoms with Crippen LogP contribution in [-0.4, -0.2) is 17.3 Å². The van der Waals surface area contributed by atoms with E-state index < -0.39 is 0 Å². The Labute approximate surface area is 93.2 Å². The minimum atomic E-state index is 0.345. The van der Waals surface area contributed by atoms with Gasteiger partial charge in [-0.2, -0.15) is 4.98 Å². The lowest BCUT2D eigenvalue weighted by atomic mass is 10.1. The standard InChI is InChI=1S/C11H13N3O2/c1-7-5-8(12)3-4-9(7)11-13-10(6-15-2)14-16-11/h3-5H,6,12H2,1-2H3. The third-order valence-corrected chi connectivity index (χ3v) is 2.22. The predicted octanol–water partition coefficient (Wildman–Crippen LogP) is 1.77. The van der Waals surface area contributed by atoms with E-state index in [1.54, 1.807) is 7.11 Å². The van der Waals surface area contributed by atoms with Gasteiger partial charge in [-0.1, -0.05) is 5.16 Å². The fourth-order valence-electron chi connectivity index (χ4n) is 1.48. The molecule has 1 aromatic carbocycles. The van der Waals surface area contributed by atoms with Crippen molar-refractivity contribution in [2.45, 2.75) is 13.5 Å². The van der Waals surface area contributed by atoms with Crippen molar-refractivity contribution in [3.8, 4) is 11.5 Å². The van der Waals surface area contributed by atoms with E-state index in [9.17, 15) is 0 Å². The summed E-state index contributed by atoms with van der Waals surface area (Å²) >= 11 is 0. The van der Waals surface area contributed by atoms with Crippen LogP contribution in [0.3, 0.4) is 0 Å². The molecule has 5 nitrogen and oxygen atoms in total. The van der Waals surface area contributed by atoms with Crippen molar-refractivity contribution in [2.75, 3.05) is 12.8 Å². The van der Waals surface area contributed by atoms with E-state index in [1.165, 1.54) is 0 Å². The molecule has 0 spiro atoms. The fraction of sp³-hybridized carbons (Fsp3) is 0.273. The van der Waals surface area contributed by atoms with E-state index in [0.717, 1.165) is 16.8 Å². The van der Waals surface area contributed by atoms with Crippen LogP contribution in [0.1, 0.15) is 11.4 Å². The number of rotatable bonds is 3. The number of methoxy groups -OCH3 is 1. The first-order chi connectivity index (χ1) is 7.70. The molecule has 0 saturated heterocycles. The minimum absolute atomic E-state index is 0.345. The monoisotopic (exact) mass is 219 g/mol. The van der Waals surface area contributed by atoms with E-state index >= 15 is 0 Å². The SMILES string of the molecule is COCc1noc(-c2ccc(N)cc2C)n1. The van der Waals surface area contributed by atoms with Crippen LogP contribution in [-0.2, 0) is 11.3 Å². The number of anilines is 1. The largest absolute Gasteiger partial charge is 0.399 e. The number of nitrogens with zero attached hydrogens (tertiary/aromatic N) is 2. The Morgan fingerprint density at radius 1 is 1.44 bits per heavy atom. The van der Waals surface area contributed by atoms with Crippen molar-refractivity contribution in [3.63, 3.8) is 0 Å². The van der Waals surface area contributed by atoms with Gasteiger partial charge in [-0.3, -0.25) is 0 Å². The van der Waals surface area contributed by atoms with Gasteiger partial charge in [0.15, 0.2) is 5.82 Å². The molecule has 2 aromatic rings. The molecule has 0 aliphatic rings. The summed E-state index contributed by atoms with van der Waals surface area (Å²) in [6.45, 7) is 2.30. The second-order valence-corrected chi connectivity index (χ2v) is 3.52. The predicted molar refractivity (Wildman–Crippen MR) is 59.6 cm³/mol. The summed E-state index contributed by atoms with van der Waals surface area (Å²) in [6.07, 6.45) is 0.